The number of carbonyl (C=O) groups excluding carboxylic acids is 3. The van der Waals surface area contributed by atoms with Gasteiger partial charge in [0.25, 0.3) is 5.91 Å². The van der Waals surface area contributed by atoms with Crippen molar-refractivity contribution in [2.45, 2.75) is 39.2 Å². The smallest absolute Gasteiger partial charge is 0.287 e. The number of anilines is 1. The maximum Gasteiger partial charge on any atom is 0.287 e. The first kappa shape index (κ1) is 21.1. The zero-order valence-electron chi connectivity index (χ0n) is 17.7. The first-order valence-corrected chi connectivity index (χ1v) is 10.5. The zero-order chi connectivity index (χ0) is 22.1. The minimum atomic E-state index is -0.481. The van der Waals surface area contributed by atoms with Gasteiger partial charge in [0.05, 0.1) is 17.9 Å². The maximum absolute atomic E-state index is 14.3. The number of aryl methyl sites for hydroxylation is 2. The van der Waals surface area contributed by atoms with Gasteiger partial charge >= 0.3 is 0 Å². The molecule has 2 aliphatic rings. The van der Waals surface area contributed by atoms with Crippen LogP contribution in [0.15, 0.2) is 34.9 Å². The topological polar surface area (TPSA) is 82.9 Å². The standard InChI is InChI=1S/C23H26FN3O4/c1-14-3-4-19(18(24)11-14)27-13-16(12-20(27)28)23(30)26-8-5-17(6-9-26)25-22(29)21-15(2)7-10-31-21/h3-4,7,10-11,16-17H,5-6,8-9,12-13H2,1-2H3,(H,25,29). The summed E-state index contributed by atoms with van der Waals surface area (Å²) < 4.78 is 19.5. The quantitative estimate of drug-likeness (QED) is 0.814. The third kappa shape index (κ3) is 4.33. The second-order valence-corrected chi connectivity index (χ2v) is 8.37. The van der Waals surface area contributed by atoms with Crippen LogP contribution in [-0.4, -0.2) is 48.3 Å². The number of nitrogens with one attached hydrogen (secondary N) is 1. The molecule has 8 heteroatoms. The number of nitrogens with zero attached hydrogens (tertiary/aromatic N) is 2. The summed E-state index contributed by atoms with van der Waals surface area (Å²) in [6.45, 7) is 4.79. The van der Waals surface area contributed by atoms with E-state index >= 15 is 0 Å². The molecule has 3 amide bonds. The van der Waals surface area contributed by atoms with E-state index in [0.717, 1.165) is 11.1 Å². The summed E-state index contributed by atoms with van der Waals surface area (Å²) in [4.78, 5) is 40.9. The summed E-state index contributed by atoms with van der Waals surface area (Å²) in [5.74, 6) is -1.20. The molecule has 0 radical (unpaired) electrons. The molecule has 2 fully saturated rings. The van der Waals surface area contributed by atoms with Crippen LogP contribution in [0.2, 0.25) is 0 Å². The van der Waals surface area contributed by atoms with Crippen LogP contribution >= 0.6 is 0 Å². The molecule has 1 aromatic carbocycles. The van der Waals surface area contributed by atoms with Crippen molar-refractivity contribution >= 4 is 23.4 Å². The Hall–Kier alpha value is -3.16. The molecule has 1 unspecified atom stereocenters. The van der Waals surface area contributed by atoms with E-state index in [0.29, 0.717) is 31.7 Å². The highest BCUT2D eigenvalue weighted by atomic mass is 19.1. The summed E-state index contributed by atoms with van der Waals surface area (Å²) in [7, 11) is 0. The Labute approximate surface area is 180 Å². The lowest BCUT2D eigenvalue weighted by molar-refractivity contribution is -0.136. The molecule has 0 bridgehead atoms. The zero-order valence-corrected chi connectivity index (χ0v) is 17.7. The molecular formula is C23H26FN3O4. The van der Waals surface area contributed by atoms with E-state index < -0.39 is 11.7 Å². The van der Waals surface area contributed by atoms with Crippen molar-refractivity contribution < 1.29 is 23.2 Å². The van der Waals surface area contributed by atoms with Gasteiger partial charge in [-0.3, -0.25) is 14.4 Å². The highest BCUT2D eigenvalue weighted by Crippen LogP contribution is 2.29. The van der Waals surface area contributed by atoms with Gasteiger partial charge in [0.15, 0.2) is 5.76 Å². The number of likely N-dealkylation sites (tertiary alicyclic amines) is 1. The van der Waals surface area contributed by atoms with Crippen molar-refractivity contribution in [3.63, 3.8) is 0 Å². The van der Waals surface area contributed by atoms with Crippen LogP contribution in [0.3, 0.4) is 0 Å². The number of carbonyl (C=O) groups is 3. The predicted octanol–water partition coefficient (Wildman–Crippen LogP) is 2.81. The van der Waals surface area contributed by atoms with Gasteiger partial charge in [-0.15, -0.1) is 0 Å². The van der Waals surface area contributed by atoms with Crippen molar-refractivity contribution in [3.8, 4) is 0 Å². The van der Waals surface area contributed by atoms with Crippen LogP contribution in [0.5, 0.6) is 0 Å². The summed E-state index contributed by atoms with van der Waals surface area (Å²) in [5.41, 5.74) is 1.78. The number of rotatable bonds is 4. The Morgan fingerprint density at radius 3 is 2.55 bits per heavy atom. The van der Waals surface area contributed by atoms with Crippen molar-refractivity contribution in [3.05, 3.63) is 53.2 Å². The molecule has 2 aliphatic heterocycles. The predicted molar refractivity (Wildman–Crippen MR) is 112 cm³/mol. The second kappa shape index (κ2) is 8.53. The molecule has 31 heavy (non-hydrogen) atoms. The lowest BCUT2D eigenvalue weighted by Gasteiger charge is -2.33. The SMILES string of the molecule is Cc1ccc(N2CC(C(=O)N3CCC(NC(=O)c4occc4C)CC3)CC2=O)c(F)c1. The molecule has 0 saturated carbocycles. The van der Waals surface area contributed by atoms with Crippen LogP contribution < -0.4 is 10.2 Å². The van der Waals surface area contributed by atoms with Gasteiger partial charge in [0.1, 0.15) is 5.82 Å². The summed E-state index contributed by atoms with van der Waals surface area (Å²) in [6, 6.07) is 6.43. The highest BCUT2D eigenvalue weighted by Gasteiger charge is 2.39. The molecule has 3 heterocycles. The fourth-order valence-electron chi connectivity index (χ4n) is 4.30. The number of benzene rings is 1. The maximum atomic E-state index is 14.3. The van der Waals surface area contributed by atoms with E-state index in [2.05, 4.69) is 5.32 Å². The number of furan rings is 1. The number of hydrogen-bond donors (Lipinski definition) is 1. The monoisotopic (exact) mass is 427 g/mol. The van der Waals surface area contributed by atoms with Crippen molar-refractivity contribution in [1.82, 2.24) is 10.2 Å². The van der Waals surface area contributed by atoms with E-state index in [1.54, 1.807) is 30.0 Å². The van der Waals surface area contributed by atoms with Gasteiger partial charge in [-0.1, -0.05) is 6.07 Å². The van der Waals surface area contributed by atoms with Crippen LogP contribution in [0.25, 0.3) is 0 Å². The Balaban J connectivity index is 1.32. The van der Waals surface area contributed by atoms with Crippen LogP contribution in [-0.2, 0) is 9.59 Å². The van der Waals surface area contributed by atoms with Crippen LogP contribution in [0.4, 0.5) is 10.1 Å². The molecule has 2 aromatic rings. The van der Waals surface area contributed by atoms with Gasteiger partial charge in [0, 0.05) is 37.7 Å². The van der Waals surface area contributed by atoms with Gasteiger partial charge in [-0.05, 0) is 50.5 Å². The van der Waals surface area contributed by atoms with E-state index in [-0.39, 0.29) is 42.4 Å². The Bertz CT molecular complexity index is 1010. The molecule has 0 aliphatic carbocycles. The van der Waals surface area contributed by atoms with Gasteiger partial charge in [-0.25, -0.2) is 4.39 Å². The molecule has 1 N–H and O–H groups in total. The van der Waals surface area contributed by atoms with Gasteiger partial charge < -0.3 is 19.5 Å². The molecule has 4 rings (SSSR count). The fourth-order valence-corrected chi connectivity index (χ4v) is 4.30. The normalized spacial score (nSPS) is 19.7. The average Bonchev–Trinajstić information content (AvgIpc) is 3.34. The Morgan fingerprint density at radius 1 is 1.16 bits per heavy atom. The van der Waals surface area contributed by atoms with E-state index in [4.69, 9.17) is 4.42 Å². The van der Waals surface area contributed by atoms with E-state index in [9.17, 15) is 18.8 Å². The highest BCUT2D eigenvalue weighted by molar-refractivity contribution is 6.00. The average molecular weight is 427 g/mol. The molecule has 2 saturated heterocycles. The van der Waals surface area contributed by atoms with Crippen molar-refractivity contribution in [2.75, 3.05) is 24.5 Å². The minimum Gasteiger partial charge on any atom is -0.459 e. The fraction of sp³-hybridized carbons (Fsp3) is 0.435. The third-order valence-corrected chi connectivity index (χ3v) is 6.08. The van der Waals surface area contributed by atoms with E-state index in [1.165, 1.54) is 17.2 Å². The van der Waals surface area contributed by atoms with E-state index in [1.807, 2.05) is 6.92 Å². The Morgan fingerprint density at radius 2 is 1.90 bits per heavy atom. The number of amides is 3. The molecule has 7 nitrogen and oxygen atoms in total. The molecule has 1 aromatic heterocycles. The first-order chi connectivity index (χ1) is 14.8. The number of hydrogen-bond acceptors (Lipinski definition) is 4. The van der Waals surface area contributed by atoms with Crippen molar-refractivity contribution in [1.29, 1.82) is 0 Å². The lowest BCUT2D eigenvalue weighted by atomic mass is 10.0. The number of halogens is 1. The summed E-state index contributed by atoms with van der Waals surface area (Å²) in [5, 5.41) is 2.96. The molecule has 1 atom stereocenters. The van der Waals surface area contributed by atoms with Crippen LogP contribution in [0, 0.1) is 25.6 Å². The largest absolute Gasteiger partial charge is 0.459 e. The van der Waals surface area contributed by atoms with Gasteiger partial charge in [0.2, 0.25) is 11.8 Å². The molecule has 164 valence electrons. The summed E-state index contributed by atoms with van der Waals surface area (Å²) in [6.07, 6.45) is 2.84. The van der Waals surface area contributed by atoms with Crippen LogP contribution in [0.1, 0.15) is 40.9 Å². The van der Waals surface area contributed by atoms with Gasteiger partial charge in [-0.2, -0.15) is 0 Å². The van der Waals surface area contributed by atoms with Crippen molar-refractivity contribution in [2.24, 2.45) is 5.92 Å². The molecular weight excluding hydrogens is 401 g/mol. The Kier molecular flexibility index (Phi) is 5.80. The summed E-state index contributed by atoms with van der Waals surface area (Å²) >= 11 is 0. The number of piperidine rings is 1. The second-order valence-electron chi connectivity index (χ2n) is 8.37. The minimum absolute atomic E-state index is 0.0376. The lowest BCUT2D eigenvalue weighted by Crippen LogP contribution is -2.48. The third-order valence-electron chi connectivity index (χ3n) is 6.08. The first-order valence-electron chi connectivity index (χ1n) is 10.5. The molecule has 0 spiro atoms.